The summed E-state index contributed by atoms with van der Waals surface area (Å²) in [6, 6.07) is 21.2. The van der Waals surface area contributed by atoms with Crippen LogP contribution in [0.5, 0.6) is 0 Å². The van der Waals surface area contributed by atoms with Crippen LogP contribution >= 0.6 is 0 Å². The summed E-state index contributed by atoms with van der Waals surface area (Å²) in [5.41, 5.74) is 6.51. The summed E-state index contributed by atoms with van der Waals surface area (Å²) in [7, 11) is 0. The minimum atomic E-state index is -0.217. The van der Waals surface area contributed by atoms with E-state index in [4.69, 9.17) is 4.98 Å². The molecule has 27 heavy (non-hydrogen) atoms. The molecule has 0 radical (unpaired) electrons. The fraction of sp³-hybridized carbons (Fsp3) is 0.125. The summed E-state index contributed by atoms with van der Waals surface area (Å²) >= 11 is 0. The second-order valence-corrected chi connectivity index (χ2v) is 6.86. The van der Waals surface area contributed by atoms with Crippen LogP contribution in [0.15, 0.2) is 66.7 Å². The number of nitrogens with zero attached hydrogens (tertiary/aromatic N) is 2. The van der Waals surface area contributed by atoms with E-state index in [9.17, 15) is 4.39 Å². The van der Waals surface area contributed by atoms with E-state index in [1.54, 1.807) is 12.1 Å². The van der Waals surface area contributed by atoms with Crippen molar-refractivity contribution in [3.8, 4) is 0 Å². The van der Waals surface area contributed by atoms with Crippen LogP contribution in [0, 0.1) is 19.7 Å². The van der Waals surface area contributed by atoms with Crippen LogP contribution < -0.4 is 0 Å². The minimum Gasteiger partial charge on any atom is -0.320 e. The molecule has 0 bridgehead atoms. The third-order valence-electron chi connectivity index (χ3n) is 4.85. The van der Waals surface area contributed by atoms with Crippen molar-refractivity contribution in [2.45, 2.75) is 20.4 Å². The second-order valence-electron chi connectivity index (χ2n) is 6.86. The molecule has 0 aliphatic carbocycles. The molecule has 1 heterocycles. The molecular formula is C24H21FN2. The molecular weight excluding hydrogens is 335 g/mol. The van der Waals surface area contributed by atoms with Gasteiger partial charge in [-0.25, -0.2) is 9.37 Å². The van der Waals surface area contributed by atoms with E-state index >= 15 is 0 Å². The maximum Gasteiger partial charge on any atom is 0.134 e. The van der Waals surface area contributed by atoms with Gasteiger partial charge in [-0.15, -0.1) is 0 Å². The van der Waals surface area contributed by atoms with Gasteiger partial charge in [0.1, 0.15) is 11.6 Å². The van der Waals surface area contributed by atoms with Gasteiger partial charge in [0.05, 0.1) is 11.0 Å². The van der Waals surface area contributed by atoms with Gasteiger partial charge >= 0.3 is 0 Å². The first-order chi connectivity index (χ1) is 13.1. The molecule has 0 spiro atoms. The maximum absolute atomic E-state index is 13.7. The maximum atomic E-state index is 13.7. The Bertz CT molecular complexity index is 1120. The molecule has 4 rings (SSSR count). The number of fused-ring (bicyclic) bond motifs is 1. The molecule has 0 saturated heterocycles. The van der Waals surface area contributed by atoms with Crippen molar-refractivity contribution in [2.75, 3.05) is 0 Å². The van der Waals surface area contributed by atoms with Gasteiger partial charge in [0.25, 0.3) is 0 Å². The molecule has 2 nitrogen and oxygen atoms in total. The Labute approximate surface area is 158 Å². The van der Waals surface area contributed by atoms with Crippen molar-refractivity contribution in [1.29, 1.82) is 0 Å². The Morgan fingerprint density at radius 3 is 2.44 bits per heavy atom. The number of hydrogen-bond acceptors (Lipinski definition) is 1. The van der Waals surface area contributed by atoms with Crippen molar-refractivity contribution in [2.24, 2.45) is 0 Å². The highest BCUT2D eigenvalue weighted by Crippen LogP contribution is 2.23. The molecule has 3 heteroatoms. The van der Waals surface area contributed by atoms with E-state index in [-0.39, 0.29) is 5.82 Å². The first-order valence-electron chi connectivity index (χ1n) is 9.05. The van der Waals surface area contributed by atoms with E-state index in [0.717, 1.165) is 28.0 Å². The van der Waals surface area contributed by atoms with E-state index in [1.165, 1.54) is 17.2 Å². The third-order valence-corrected chi connectivity index (χ3v) is 4.85. The normalized spacial score (nSPS) is 11.5. The number of rotatable bonds is 4. The van der Waals surface area contributed by atoms with Gasteiger partial charge in [-0.3, -0.25) is 0 Å². The Balaban J connectivity index is 1.82. The lowest BCUT2D eigenvalue weighted by atomic mass is 10.1. The molecule has 0 N–H and O–H groups in total. The lowest BCUT2D eigenvalue weighted by Crippen LogP contribution is -2.02. The zero-order valence-corrected chi connectivity index (χ0v) is 15.5. The fourth-order valence-corrected chi connectivity index (χ4v) is 3.24. The first kappa shape index (κ1) is 17.2. The largest absolute Gasteiger partial charge is 0.320 e. The quantitative estimate of drug-likeness (QED) is 0.438. The third kappa shape index (κ3) is 3.68. The molecule has 0 aliphatic rings. The van der Waals surface area contributed by atoms with E-state index < -0.39 is 0 Å². The molecule has 3 aromatic carbocycles. The van der Waals surface area contributed by atoms with E-state index in [1.807, 2.05) is 30.3 Å². The highest BCUT2D eigenvalue weighted by atomic mass is 19.1. The highest BCUT2D eigenvalue weighted by Gasteiger charge is 2.11. The van der Waals surface area contributed by atoms with Crippen molar-refractivity contribution in [3.05, 3.63) is 101 Å². The zero-order chi connectivity index (χ0) is 18.8. The Morgan fingerprint density at radius 2 is 1.67 bits per heavy atom. The average Bonchev–Trinajstić information content (AvgIpc) is 2.98. The fourth-order valence-electron chi connectivity index (χ4n) is 3.24. The van der Waals surface area contributed by atoms with Crippen LogP contribution in [0.25, 0.3) is 23.2 Å². The monoisotopic (exact) mass is 356 g/mol. The van der Waals surface area contributed by atoms with Crippen LogP contribution in [0.1, 0.15) is 28.1 Å². The second kappa shape index (κ2) is 7.20. The molecule has 0 aliphatic heterocycles. The van der Waals surface area contributed by atoms with Crippen LogP contribution in [0.2, 0.25) is 0 Å². The number of hydrogen-bond donors (Lipinski definition) is 0. The van der Waals surface area contributed by atoms with Crippen molar-refractivity contribution < 1.29 is 4.39 Å². The van der Waals surface area contributed by atoms with Gasteiger partial charge in [-0.1, -0.05) is 48.5 Å². The van der Waals surface area contributed by atoms with Crippen LogP contribution in [0.4, 0.5) is 4.39 Å². The van der Waals surface area contributed by atoms with Gasteiger partial charge in [-0.05, 0) is 66.4 Å². The van der Waals surface area contributed by atoms with Crippen LogP contribution in [-0.4, -0.2) is 9.55 Å². The Morgan fingerprint density at radius 1 is 0.889 bits per heavy atom. The molecule has 0 amide bonds. The minimum absolute atomic E-state index is 0.217. The number of halogens is 1. The van der Waals surface area contributed by atoms with E-state index in [2.05, 4.69) is 48.8 Å². The van der Waals surface area contributed by atoms with Crippen molar-refractivity contribution in [1.82, 2.24) is 9.55 Å². The lowest BCUT2D eigenvalue weighted by Gasteiger charge is -2.09. The zero-order valence-electron chi connectivity index (χ0n) is 15.5. The molecule has 1 aromatic heterocycles. The highest BCUT2D eigenvalue weighted by molar-refractivity contribution is 5.81. The molecule has 0 saturated carbocycles. The molecule has 0 fully saturated rings. The SMILES string of the molecule is Cc1cc2nc(C=Cc3ccccc3)n(Cc3cccc(F)c3)c2cc1C. The van der Waals surface area contributed by atoms with E-state index in [0.29, 0.717) is 6.54 Å². The van der Waals surface area contributed by atoms with Gasteiger partial charge in [0, 0.05) is 6.54 Å². The number of benzene rings is 3. The average molecular weight is 356 g/mol. The van der Waals surface area contributed by atoms with Crippen LogP contribution in [0.3, 0.4) is 0 Å². The Kier molecular flexibility index (Phi) is 4.59. The molecule has 0 unspecified atom stereocenters. The molecule has 0 atom stereocenters. The molecule has 4 aromatic rings. The predicted molar refractivity (Wildman–Crippen MR) is 110 cm³/mol. The summed E-state index contributed by atoms with van der Waals surface area (Å²) in [5, 5.41) is 0. The standard InChI is InChI=1S/C24H21FN2/c1-17-13-22-23(14-18(17)2)27(16-20-9-6-10-21(25)15-20)24(26-22)12-11-19-7-4-3-5-8-19/h3-15H,16H2,1-2H3. The molecule has 134 valence electrons. The summed E-state index contributed by atoms with van der Waals surface area (Å²) in [4.78, 5) is 4.83. The number of aryl methyl sites for hydroxylation is 2. The smallest absolute Gasteiger partial charge is 0.134 e. The number of imidazole rings is 1. The lowest BCUT2D eigenvalue weighted by molar-refractivity contribution is 0.624. The summed E-state index contributed by atoms with van der Waals surface area (Å²) in [6.45, 7) is 4.78. The van der Waals surface area contributed by atoms with Gasteiger partial charge in [-0.2, -0.15) is 0 Å². The predicted octanol–water partition coefficient (Wildman–Crippen LogP) is 6.01. The first-order valence-corrected chi connectivity index (χ1v) is 9.05. The van der Waals surface area contributed by atoms with Gasteiger partial charge in [0.2, 0.25) is 0 Å². The summed E-state index contributed by atoms with van der Waals surface area (Å²) in [6.07, 6.45) is 4.09. The number of aromatic nitrogens is 2. The van der Waals surface area contributed by atoms with Crippen molar-refractivity contribution in [3.63, 3.8) is 0 Å². The summed E-state index contributed by atoms with van der Waals surface area (Å²) in [5.74, 6) is 0.647. The summed E-state index contributed by atoms with van der Waals surface area (Å²) < 4.78 is 15.8. The topological polar surface area (TPSA) is 17.8 Å². The van der Waals surface area contributed by atoms with Crippen molar-refractivity contribution >= 4 is 23.2 Å². The van der Waals surface area contributed by atoms with Gasteiger partial charge < -0.3 is 4.57 Å². The Hall–Kier alpha value is -3.20. The van der Waals surface area contributed by atoms with Gasteiger partial charge in [0.15, 0.2) is 0 Å². The van der Waals surface area contributed by atoms with Crippen LogP contribution in [-0.2, 0) is 6.54 Å².